The maximum absolute atomic E-state index is 14.9. The number of rotatable bonds is 8. The third-order valence-electron chi connectivity index (χ3n) is 13.8. The van der Waals surface area contributed by atoms with Crippen molar-refractivity contribution >= 4 is 23.5 Å². The molecule has 12 nitrogen and oxygen atoms in total. The van der Waals surface area contributed by atoms with Crippen molar-refractivity contribution in [1.29, 1.82) is 0 Å². The minimum Gasteiger partial charge on any atom is -0.458 e. The lowest BCUT2D eigenvalue weighted by Crippen LogP contribution is -2.65. The SMILES string of the molecule is CC(=O)O[C@@H]1[C@H](O[C@@H]2C[C@@]3(C)[C@@H]4CC=C5[C@@H](C[C@H](O)[C@@H](O)C5(C)C)[C@]4(C)C(=O)C[C@]3(C)[C@H]2[C@@](C)(O)C(=O)C=CC(C)(C)O)O[C@@H](C)C[C@@H]1OC(C)=O. The number of fused-ring (bicyclic) bond motifs is 5. The van der Waals surface area contributed by atoms with E-state index in [9.17, 15) is 39.6 Å². The Bertz CT molecular complexity index is 1520. The number of ether oxygens (including phenoxy) is 4. The van der Waals surface area contributed by atoms with Gasteiger partial charge in [0.2, 0.25) is 0 Å². The number of esters is 2. The second-order valence-corrected chi connectivity index (χ2v) is 18.3. The van der Waals surface area contributed by atoms with Crippen molar-refractivity contribution < 1.29 is 58.6 Å². The van der Waals surface area contributed by atoms with Gasteiger partial charge in [-0.25, -0.2) is 0 Å². The van der Waals surface area contributed by atoms with Gasteiger partial charge in [-0.3, -0.25) is 19.2 Å². The van der Waals surface area contributed by atoms with Gasteiger partial charge >= 0.3 is 11.9 Å². The molecule has 4 N–H and O–H groups in total. The number of ketones is 2. The van der Waals surface area contributed by atoms with Crippen LogP contribution in [0.1, 0.15) is 108 Å². The van der Waals surface area contributed by atoms with Crippen molar-refractivity contribution in [1.82, 2.24) is 0 Å². The van der Waals surface area contributed by atoms with Crippen molar-refractivity contribution in [2.75, 3.05) is 0 Å². The quantitative estimate of drug-likeness (QED) is 0.161. The van der Waals surface area contributed by atoms with Crippen molar-refractivity contribution in [3.63, 3.8) is 0 Å². The summed E-state index contributed by atoms with van der Waals surface area (Å²) in [5.41, 5.74) is -5.96. The van der Waals surface area contributed by atoms with E-state index in [0.717, 1.165) is 11.6 Å². The summed E-state index contributed by atoms with van der Waals surface area (Å²) in [5, 5.41) is 44.9. The van der Waals surface area contributed by atoms with Crippen molar-refractivity contribution in [3.05, 3.63) is 23.8 Å². The van der Waals surface area contributed by atoms with Crippen molar-refractivity contribution in [2.24, 2.45) is 39.4 Å². The molecule has 3 saturated carbocycles. The zero-order chi connectivity index (χ0) is 39.1. The fourth-order valence-electron chi connectivity index (χ4n) is 11.2. The Labute approximate surface area is 307 Å². The standard InChI is InChI=1S/C40H60O12/c1-20-16-26(50-21(2)41)31(51-22(3)42)34(49-20)52-27-18-37(8)28-13-12-23-24(17-25(43)33(46)36(23,6)7)39(28,10)30(45)19-38(37,9)32(27)40(11,48)29(44)14-15-35(4,5)47/h12,14-15,20,24-28,31-34,43,46-48H,13,16-19H2,1-11H3/t20-,24+,25-,26-,27+,28-,31-,32-,33+,34-,37-,38+,39-,40-/m0/s1. The highest BCUT2D eigenvalue weighted by molar-refractivity contribution is 5.97. The molecule has 4 fully saturated rings. The Morgan fingerprint density at radius 1 is 0.942 bits per heavy atom. The van der Waals surface area contributed by atoms with Gasteiger partial charge < -0.3 is 39.4 Å². The molecule has 5 rings (SSSR count). The van der Waals surface area contributed by atoms with Crippen LogP contribution in [0, 0.1) is 39.4 Å². The van der Waals surface area contributed by atoms with Gasteiger partial charge in [-0.2, -0.15) is 0 Å². The minimum atomic E-state index is -2.11. The molecule has 0 amide bonds. The molecule has 0 aromatic heterocycles. The molecule has 0 unspecified atom stereocenters. The van der Waals surface area contributed by atoms with Crippen LogP contribution in [0.2, 0.25) is 0 Å². The van der Waals surface area contributed by atoms with Crippen LogP contribution in [0.4, 0.5) is 0 Å². The fourth-order valence-corrected chi connectivity index (χ4v) is 11.2. The Morgan fingerprint density at radius 3 is 2.13 bits per heavy atom. The molecule has 1 saturated heterocycles. The summed E-state index contributed by atoms with van der Waals surface area (Å²) < 4.78 is 24.3. The molecule has 0 radical (unpaired) electrons. The molecule has 14 atom stereocenters. The number of carbonyl (C=O) groups is 4. The van der Waals surface area contributed by atoms with Crippen LogP contribution < -0.4 is 0 Å². The van der Waals surface area contributed by atoms with E-state index in [1.165, 1.54) is 40.7 Å². The van der Waals surface area contributed by atoms with E-state index in [1.54, 1.807) is 6.92 Å². The van der Waals surface area contributed by atoms with E-state index >= 15 is 0 Å². The maximum atomic E-state index is 14.9. The van der Waals surface area contributed by atoms with Gasteiger partial charge in [0.1, 0.15) is 17.5 Å². The van der Waals surface area contributed by atoms with Crippen LogP contribution >= 0.6 is 0 Å². The van der Waals surface area contributed by atoms with Crippen molar-refractivity contribution in [2.45, 2.75) is 162 Å². The molecule has 0 bridgehead atoms. The Hall–Kier alpha value is -2.48. The highest BCUT2D eigenvalue weighted by Gasteiger charge is 2.75. The lowest BCUT2D eigenvalue weighted by molar-refractivity contribution is -0.292. The summed E-state index contributed by atoms with van der Waals surface area (Å²) in [6.07, 6.45) is -0.889. The van der Waals surface area contributed by atoms with Gasteiger partial charge in [0.25, 0.3) is 0 Å². The Balaban J connectivity index is 1.64. The predicted molar refractivity (Wildman–Crippen MR) is 188 cm³/mol. The Morgan fingerprint density at radius 2 is 1.56 bits per heavy atom. The van der Waals surface area contributed by atoms with Crippen LogP contribution in [-0.4, -0.2) is 98.0 Å². The van der Waals surface area contributed by atoms with E-state index in [1.807, 2.05) is 27.7 Å². The van der Waals surface area contributed by atoms with Gasteiger partial charge in [-0.05, 0) is 75.7 Å². The van der Waals surface area contributed by atoms with Crippen LogP contribution in [0.15, 0.2) is 23.8 Å². The topological polar surface area (TPSA) is 186 Å². The highest BCUT2D eigenvalue weighted by atomic mass is 16.7. The molecular weight excluding hydrogens is 672 g/mol. The number of Topliss-reactive ketones (excluding diaryl/α,β-unsaturated/α-hetero) is 1. The first kappa shape index (κ1) is 40.7. The van der Waals surface area contributed by atoms with Crippen molar-refractivity contribution in [3.8, 4) is 0 Å². The first-order valence-electron chi connectivity index (χ1n) is 18.7. The van der Waals surface area contributed by atoms with Gasteiger partial charge in [-0.15, -0.1) is 0 Å². The zero-order valence-corrected chi connectivity index (χ0v) is 32.6. The average Bonchev–Trinajstić information content (AvgIpc) is 3.22. The van der Waals surface area contributed by atoms with Crippen LogP contribution in [0.25, 0.3) is 0 Å². The van der Waals surface area contributed by atoms with Gasteiger partial charge in [0.15, 0.2) is 18.2 Å². The first-order valence-corrected chi connectivity index (χ1v) is 18.7. The minimum absolute atomic E-state index is 0.00606. The molecule has 0 spiro atoms. The molecule has 52 heavy (non-hydrogen) atoms. The average molecular weight is 733 g/mol. The lowest BCUT2D eigenvalue weighted by atomic mass is 9.38. The summed E-state index contributed by atoms with van der Waals surface area (Å²) >= 11 is 0. The normalized spacial score (nSPS) is 44.1. The van der Waals surface area contributed by atoms with E-state index in [0.29, 0.717) is 6.42 Å². The first-order chi connectivity index (χ1) is 23.7. The van der Waals surface area contributed by atoms with Crippen LogP contribution in [0.5, 0.6) is 0 Å². The lowest BCUT2D eigenvalue weighted by Gasteiger charge is -2.65. The molecule has 292 valence electrons. The molecule has 0 aromatic carbocycles. The molecule has 0 aromatic rings. The molecule has 1 heterocycles. The number of aliphatic hydroxyl groups is 4. The highest BCUT2D eigenvalue weighted by Crippen LogP contribution is 2.74. The van der Waals surface area contributed by atoms with E-state index < -0.39 is 99.4 Å². The fraction of sp³-hybridized carbons (Fsp3) is 0.800. The summed E-state index contributed by atoms with van der Waals surface area (Å²) in [4.78, 5) is 53.4. The molecule has 1 aliphatic heterocycles. The Kier molecular flexibility index (Phi) is 10.5. The largest absolute Gasteiger partial charge is 0.458 e. The van der Waals surface area contributed by atoms with Crippen LogP contribution in [0.3, 0.4) is 0 Å². The summed E-state index contributed by atoms with van der Waals surface area (Å²) in [5.74, 6) is -3.59. The van der Waals surface area contributed by atoms with Gasteiger partial charge in [-0.1, -0.05) is 52.3 Å². The van der Waals surface area contributed by atoms with Gasteiger partial charge in [0.05, 0.1) is 30.0 Å². The zero-order valence-electron chi connectivity index (χ0n) is 32.6. The third kappa shape index (κ3) is 6.53. The maximum Gasteiger partial charge on any atom is 0.303 e. The van der Waals surface area contributed by atoms with Gasteiger partial charge in [0, 0.05) is 43.4 Å². The predicted octanol–water partition coefficient (Wildman–Crippen LogP) is 3.74. The molecule has 4 aliphatic carbocycles. The summed E-state index contributed by atoms with van der Waals surface area (Å²) in [6, 6.07) is 0. The van der Waals surface area contributed by atoms with E-state index in [-0.39, 0.29) is 43.3 Å². The third-order valence-corrected chi connectivity index (χ3v) is 13.8. The van der Waals surface area contributed by atoms with E-state index in [4.69, 9.17) is 18.9 Å². The summed E-state index contributed by atoms with van der Waals surface area (Å²) in [7, 11) is 0. The second-order valence-electron chi connectivity index (χ2n) is 18.3. The second kappa shape index (κ2) is 13.4. The monoisotopic (exact) mass is 732 g/mol. The molecule has 12 heteroatoms. The molecular formula is C40H60O12. The number of carbonyl (C=O) groups excluding carboxylic acids is 4. The molecule has 5 aliphatic rings. The number of aliphatic hydroxyl groups excluding tert-OH is 2. The van der Waals surface area contributed by atoms with E-state index in [2.05, 4.69) is 13.0 Å². The summed E-state index contributed by atoms with van der Waals surface area (Å²) in [6.45, 7) is 18.5. The number of allylic oxidation sites excluding steroid dienone is 1. The smallest absolute Gasteiger partial charge is 0.303 e. The number of hydrogen-bond acceptors (Lipinski definition) is 12. The number of hydrogen-bond donors (Lipinski definition) is 4. The van der Waals surface area contributed by atoms with Crippen LogP contribution in [-0.2, 0) is 38.1 Å².